The van der Waals surface area contributed by atoms with Crippen LogP contribution >= 0.6 is 0 Å². The van der Waals surface area contributed by atoms with Crippen molar-refractivity contribution in [2.75, 3.05) is 13.1 Å². The normalized spacial score (nSPS) is 24.2. The van der Waals surface area contributed by atoms with Crippen LogP contribution in [-0.2, 0) is 16.1 Å². The van der Waals surface area contributed by atoms with Gasteiger partial charge in [0.05, 0.1) is 11.6 Å². The summed E-state index contributed by atoms with van der Waals surface area (Å²) in [5.74, 6) is 0.481. The highest BCUT2D eigenvalue weighted by molar-refractivity contribution is 5.83. The summed E-state index contributed by atoms with van der Waals surface area (Å²) in [6.07, 6.45) is -0.299. The van der Waals surface area contributed by atoms with Gasteiger partial charge in [-0.2, -0.15) is 5.26 Å². The molecule has 132 valence electrons. The molecule has 6 heteroatoms. The summed E-state index contributed by atoms with van der Waals surface area (Å²) in [6, 6.07) is 9.30. The number of nitriles is 1. The second-order valence-corrected chi connectivity index (χ2v) is 7.77. The molecule has 3 atom stereocenters. The fourth-order valence-electron chi connectivity index (χ4n) is 3.45. The van der Waals surface area contributed by atoms with Gasteiger partial charge in [-0.1, -0.05) is 12.1 Å². The summed E-state index contributed by atoms with van der Waals surface area (Å²) in [4.78, 5) is 26.1. The number of likely N-dealkylation sites (tertiary alicyclic amines) is 1. The lowest BCUT2D eigenvalue weighted by molar-refractivity contribution is -0.123. The minimum absolute atomic E-state index is 0.0159. The van der Waals surface area contributed by atoms with E-state index in [1.165, 1.54) is 0 Å². The third-order valence-electron chi connectivity index (χ3n) is 4.67. The second kappa shape index (κ2) is 6.40. The molecule has 0 aromatic heterocycles. The molecule has 1 aliphatic heterocycles. The molecule has 6 nitrogen and oxygen atoms in total. The van der Waals surface area contributed by atoms with Crippen LogP contribution in [0.5, 0.6) is 0 Å². The highest BCUT2D eigenvalue weighted by Crippen LogP contribution is 2.52. The van der Waals surface area contributed by atoms with Crippen LogP contribution in [0.1, 0.15) is 31.9 Å². The first kappa shape index (κ1) is 17.3. The maximum Gasteiger partial charge on any atom is 0.410 e. The van der Waals surface area contributed by atoms with Gasteiger partial charge in [-0.25, -0.2) is 4.79 Å². The highest BCUT2D eigenvalue weighted by Gasteiger charge is 2.60. The van der Waals surface area contributed by atoms with Gasteiger partial charge < -0.3 is 15.0 Å². The van der Waals surface area contributed by atoms with E-state index in [9.17, 15) is 9.59 Å². The molecular weight excluding hydrogens is 318 g/mol. The smallest absolute Gasteiger partial charge is 0.410 e. The van der Waals surface area contributed by atoms with Crippen molar-refractivity contribution in [3.8, 4) is 6.07 Å². The molecule has 0 bridgehead atoms. The van der Waals surface area contributed by atoms with Gasteiger partial charge in [-0.05, 0) is 50.3 Å². The molecule has 2 fully saturated rings. The predicted octanol–water partition coefficient (Wildman–Crippen LogP) is 2.29. The first-order valence-electron chi connectivity index (χ1n) is 8.53. The molecule has 1 saturated heterocycles. The molecule has 2 aliphatic rings. The van der Waals surface area contributed by atoms with Crippen LogP contribution < -0.4 is 5.32 Å². The summed E-state index contributed by atoms with van der Waals surface area (Å²) in [5, 5.41) is 11.8. The number of carbonyl (C=O) groups excluding carboxylic acids is 2. The number of ether oxygens (including phenoxy) is 1. The van der Waals surface area contributed by atoms with Gasteiger partial charge in [-0.3, -0.25) is 4.79 Å². The maximum absolute atomic E-state index is 12.3. The Morgan fingerprint density at radius 2 is 2.00 bits per heavy atom. The first-order valence-corrected chi connectivity index (χ1v) is 8.53. The summed E-state index contributed by atoms with van der Waals surface area (Å²) >= 11 is 0. The average molecular weight is 341 g/mol. The van der Waals surface area contributed by atoms with Gasteiger partial charge in [0.1, 0.15) is 5.60 Å². The SMILES string of the molecule is CC(C)(C)OC(=O)N1C[C@@H]2C(C(=O)NCc3cccc(C#N)c3)[C@@H]2C1. The molecule has 0 radical (unpaired) electrons. The van der Waals surface area contributed by atoms with Crippen LogP contribution in [0.15, 0.2) is 24.3 Å². The molecule has 0 spiro atoms. The number of benzene rings is 1. The third kappa shape index (κ3) is 3.93. The Balaban J connectivity index is 1.46. The summed E-state index contributed by atoms with van der Waals surface area (Å²) < 4.78 is 5.37. The van der Waals surface area contributed by atoms with E-state index < -0.39 is 5.60 Å². The molecule has 1 unspecified atom stereocenters. The van der Waals surface area contributed by atoms with Crippen LogP contribution in [0.4, 0.5) is 4.79 Å². The molecule has 1 saturated carbocycles. The number of nitrogens with one attached hydrogen (secondary N) is 1. The van der Waals surface area contributed by atoms with E-state index in [4.69, 9.17) is 10.00 Å². The van der Waals surface area contributed by atoms with E-state index >= 15 is 0 Å². The molecule has 2 amide bonds. The van der Waals surface area contributed by atoms with Gasteiger partial charge in [0, 0.05) is 25.6 Å². The van der Waals surface area contributed by atoms with Crippen molar-refractivity contribution in [2.24, 2.45) is 17.8 Å². The Morgan fingerprint density at radius 3 is 2.60 bits per heavy atom. The topological polar surface area (TPSA) is 82.4 Å². The lowest BCUT2D eigenvalue weighted by atomic mass is 10.1. The molecular formula is C19H23N3O3. The molecule has 3 rings (SSSR count). The second-order valence-electron chi connectivity index (χ2n) is 7.77. The highest BCUT2D eigenvalue weighted by atomic mass is 16.6. The van der Waals surface area contributed by atoms with Gasteiger partial charge in [-0.15, -0.1) is 0 Å². The number of fused-ring (bicyclic) bond motifs is 1. The number of carbonyl (C=O) groups is 2. The summed E-state index contributed by atoms with van der Waals surface area (Å²) in [5.41, 5.74) is 0.995. The van der Waals surface area contributed by atoms with E-state index in [1.54, 1.807) is 17.0 Å². The number of rotatable bonds is 3. The molecule has 1 aromatic rings. The first-order chi connectivity index (χ1) is 11.8. The number of nitrogens with zero attached hydrogens (tertiary/aromatic N) is 2. The van der Waals surface area contributed by atoms with Crippen molar-refractivity contribution in [3.63, 3.8) is 0 Å². The van der Waals surface area contributed by atoms with Crippen molar-refractivity contribution in [1.29, 1.82) is 5.26 Å². The van der Waals surface area contributed by atoms with E-state index in [2.05, 4.69) is 11.4 Å². The molecule has 1 aromatic carbocycles. The Bertz CT molecular complexity index is 720. The van der Waals surface area contributed by atoms with E-state index in [0.29, 0.717) is 25.2 Å². The van der Waals surface area contributed by atoms with Crippen molar-refractivity contribution in [2.45, 2.75) is 32.9 Å². The van der Waals surface area contributed by atoms with Gasteiger partial charge in [0.2, 0.25) is 5.91 Å². The number of piperidine rings is 1. The zero-order valence-electron chi connectivity index (χ0n) is 14.8. The van der Waals surface area contributed by atoms with Crippen molar-refractivity contribution in [3.05, 3.63) is 35.4 Å². The monoisotopic (exact) mass is 341 g/mol. The lowest BCUT2D eigenvalue weighted by Gasteiger charge is -2.25. The van der Waals surface area contributed by atoms with E-state index in [1.807, 2.05) is 32.9 Å². The molecule has 1 N–H and O–H groups in total. The van der Waals surface area contributed by atoms with Crippen LogP contribution in [0, 0.1) is 29.1 Å². The van der Waals surface area contributed by atoms with Gasteiger partial charge in [0.15, 0.2) is 0 Å². The predicted molar refractivity (Wildman–Crippen MR) is 91.3 cm³/mol. The van der Waals surface area contributed by atoms with Gasteiger partial charge >= 0.3 is 6.09 Å². The number of amides is 2. The zero-order valence-corrected chi connectivity index (χ0v) is 14.8. The fourth-order valence-corrected chi connectivity index (χ4v) is 3.45. The fraction of sp³-hybridized carbons (Fsp3) is 0.526. The Hall–Kier alpha value is -2.55. The van der Waals surface area contributed by atoms with Crippen molar-refractivity contribution in [1.82, 2.24) is 10.2 Å². The third-order valence-corrected chi connectivity index (χ3v) is 4.67. The largest absolute Gasteiger partial charge is 0.444 e. The Morgan fingerprint density at radius 1 is 1.32 bits per heavy atom. The van der Waals surface area contributed by atoms with Crippen molar-refractivity contribution >= 4 is 12.0 Å². The minimum atomic E-state index is -0.501. The van der Waals surface area contributed by atoms with Gasteiger partial charge in [0.25, 0.3) is 0 Å². The summed E-state index contributed by atoms with van der Waals surface area (Å²) in [6.45, 7) is 7.13. The zero-order chi connectivity index (χ0) is 18.2. The minimum Gasteiger partial charge on any atom is -0.444 e. The van der Waals surface area contributed by atoms with Crippen LogP contribution in [0.3, 0.4) is 0 Å². The van der Waals surface area contributed by atoms with Crippen LogP contribution in [0.25, 0.3) is 0 Å². The maximum atomic E-state index is 12.3. The van der Waals surface area contributed by atoms with Crippen LogP contribution in [0.2, 0.25) is 0 Å². The quantitative estimate of drug-likeness (QED) is 0.914. The standard InChI is InChI=1S/C19H23N3O3/c1-19(2,3)25-18(24)22-10-14-15(11-22)16(14)17(23)21-9-13-6-4-5-12(7-13)8-20/h4-7,14-16H,9-11H2,1-3H3,(H,21,23)/t14-,15+,16?. The Kier molecular flexibility index (Phi) is 4.42. The number of hydrogen-bond donors (Lipinski definition) is 1. The number of hydrogen-bond acceptors (Lipinski definition) is 4. The Labute approximate surface area is 147 Å². The summed E-state index contributed by atoms with van der Waals surface area (Å²) in [7, 11) is 0. The lowest BCUT2D eigenvalue weighted by Crippen LogP contribution is -2.38. The van der Waals surface area contributed by atoms with E-state index in [0.717, 1.165) is 5.56 Å². The molecule has 1 aliphatic carbocycles. The molecule has 25 heavy (non-hydrogen) atoms. The molecule has 1 heterocycles. The van der Waals surface area contributed by atoms with Crippen LogP contribution in [-0.4, -0.2) is 35.6 Å². The average Bonchev–Trinajstić information content (AvgIpc) is 3.05. The van der Waals surface area contributed by atoms with E-state index in [-0.39, 0.29) is 29.8 Å². The van der Waals surface area contributed by atoms with Crippen molar-refractivity contribution < 1.29 is 14.3 Å².